The van der Waals surface area contributed by atoms with E-state index in [0.29, 0.717) is 5.92 Å². The number of aliphatic hydroxyl groups is 1. The van der Waals surface area contributed by atoms with Crippen molar-refractivity contribution in [3.8, 4) is 0 Å². The summed E-state index contributed by atoms with van der Waals surface area (Å²) < 4.78 is 0. The zero-order valence-corrected chi connectivity index (χ0v) is 10.8. The Morgan fingerprint density at radius 3 is 3.00 bits per heavy atom. The second-order valence-electron chi connectivity index (χ2n) is 6.67. The van der Waals surface area contributed by atoms with Crippen LogP contribution in [0.25, 0.3) is 0 Å². The van der Waals surface area contributed by atoms with Crippen LogP contribution >= 0.6 is 0 Å². The molecule has 1 aromatic heterocycles. The highest BCUT2D eigenvalue weighted by molar-refractivity contribution is 5.15. The Bertz CT molecular complexity index is 446. The number of pyridine rings is 1. The minimum atomic E-state index is -0.454. The van der Waals surface area contributed by atoms with Crippen molar-refractivity contribution in [2.45, 2.75) is 44.1 Å². The molecule has 1 heterocycles. The van der Waals surface area contributed by atoms with Crippen molar-refractivity contribution in [1.29, 1.82) is 0 Å². The van der Waals surface area contributed by atoms with Gasteiger partial charge in [-0.25, -0.2) is 0 Å². The van der Waals surface area contributed by atoms with Crippen LogP contribution in [-0.2, 0) is 6.42 Å². The molecule has 5 unspecified atom stereocenters. The lowest BCUT2D eigenvalue weighted by Gasteiger charge is -2.39. The van der Waals surface area contributed by atoms with Gasteiger partial charge in [0.25, 0.3) is 0 Å². The predicted molar refractivity (Wildman–Crippen MR) is 69.9 cm³/mol. The first-order valence-corrected chi connectivity index (χ1v) is 7.38. The van der Waals surface area contributed by atoms with E-state index in [-0.39, 0.29) is 0 Å². The first-order chi connectivity index (χ1) is 8.76. The van der Waals surface area contributed by atoms with Gasteiger partial charge in [0.2, 0.25) is 0 Å². The van der Waals surface area contributed by atoms with E-state index in [1.54, 1.807) is 0 Å². The quantitative estimate of drug-likeness (QED) is 0.866. The maximum absolute atomic E-state index is 11.0. The molecule has 0 amide bonds. The van der Waals surface area contributed by atoms with Crippen LogP contribution < -0.4 is 0 Å². The van der Waals surface area contributed by atoms with Gasteiger partial charge in [0.15, 0.2) is 0 Å². The molecule has 1 N–H and O–H groups in total. The van der Waals surface area contributed by atoms with Gasteiger partial charge in [0.05, 0.1) is 5.60 Å². The second-order valence-corrected chi connectivity index (χ2v) is 6.67. The van der Waals surface area contributed by atoms with Gasteiger partial charge in [-0.1, -0.05) is 12.5 Å². The van der Waals surface area contributed by atoms with Gasteiger partial charge < -0.3 is 5.11 Å². The molecule has 18 heavy (non-hydrogen) atoms. The van der Waals surface area contributed by atoms with Crippen LogP contribution in [0.1, 0.15) is 37.8 Å². The van der Waals surface area contributed by atoms with E-state index in [1.807, 2.05) is 18.3 Å². The summed E-state index contributed by atoms with van der Waals surface area (Å²) in [6.45, 7) is 0. The normalized spacial score (nSPS) is 45.4. The zero-order chi connectivity index (χ0) is 12.2. The first-order valence-electron chi connectivity index (χ1n) is 7.38. The first kappa shape index (κ1) is 11.0. The van der Waals surface area contributed by atoms with Gasteiger partial charge in [-0.2, -0.15) is 0 Å². The molecule has 2 bridgehead atoms. The van der Waals surface area contributed by atoms with Crippen molar-refractivity contribution in [2.75, 3.05) is 0 Å². The maximum Gasteiger partial charge on any atom is 0.0736 e. The fourth-order valence-electron chi connectivity index (χ4n) is 5.26. The summed E-state index contributed by atoms with van der Waals surface area (Å²) in [6, 6.07) is 6.02. The third-order valence-corrected chi connectivity index (χ3v) is 5.82. The Morgan fingerprint density at radius 2 is 2.17 bits per heavy atom. The molecule has 3 aliphatic carbocycles. The molecule has 0 saturated heterocycles. The summed E-state index contributed by atoms with van der Waals surface area (Å²) in [5, 5.41) is 11.0. The average Bonchev–Trinajstić information content (AvgIpc) is 3.00. The van der Waals surface area contributed by atoms with Crippen LogP contribution in [0.2, 0.25) is 0 Å². The third-order valence-electron chi connectivity index (χ3n) is 5.82. The number of hydrogen-bond donors (Lipinski definition) is 1. The molecular formula is C16H21NO. The Hall–Kier alpha value is -0.890. The number of rotatable bonds is 2. The van der Waals surface area contributed by atoms with Crippen LogP contribution in [0.15, 0.2) is 24.4 Å². The SMILES string of the molecule is OC1(Cc2ccccn2)CC2CC1C1CCCC21. The highest BCUT2D eigenvalue weighted by Crippen LogP contribution is 2.62. The fraction of sp³-hybridized carbons (Fsp3) is 0.688. The third kappa shape index (κ3) is 1.48. The van der Waals surface area contributed by atoms with Gasteiger partial charge >= 0.3 is 0 Å². The maximum atomic E-state index is 11.0. The molecule has 5 atom stereocenters. The van der Waals surface area contributed by atoms with E-state index in [2.05, 4.69) is 11.1 Å². The second kappa shape index (κ2) is 3.80. The van der Waals surface area contributed by atoms with Gasteiger partial charge in [0.1, 0.15) is 0 Å². The molecule has 1 aromatic rings. The number of fused-ring (bicyclic) bond motifs is 5. The molecule has 3 aliphatic rings. The topological polar surface area (TPSA) is 33.1 Å². The molecule has 0 spiro atoms. The molecule has 96 valence electrons. The van der Waals surface area contributed by atoms with Crippen LogP contribution in [0.5, 0.6) is 0 Å². The lowest BCUT2D eigenvalue weighted by molar-refractivity contribution is -0.0457. The lowest BCUT2D eigenvalue weighted by Crippen LogP contribution is -2.43. The molecule has 3 saturated carbocycles. The predicted octanol–water partition coefficient (Wildman–Crippen LogP) is 2.81. The zero-order valence-electron chi connectivity index (χ0n) is 10.8. The van der Waals surface area contributed by atoms with Crippen LogP contribution in [0.4, 0.5) is 0 Å². The van der Waals surface area contributed by atoms with Crippen molar-refractivity contribution in [3.05, 3.63) is 30.1 Å². The fourth-order valence-corrected chi connectivity index (χ4v) is 5.26. The van der Waals surface area contributed by atoms with E-state index < -0.39 is 5.60 Å². The summed E-state index contributed by atoms with van der Waals surface area (Å²) in [5.74, 6) is 3.12. The van der Waals surface area contributed by atoms with E-state index in [4.69, 9.17) is 0 Å². The molecule has 0 aromatic carbocycles. The Kier molecular flexibility index (Phi) is 2.32. The Morgan fingerprint density at radius 1 is 1.28 bits per heavy atom. The summed E-state index contributed by atoms with van der Waals surface area (Å²) in [7, 11) is 0. The summed E-state index contributed by atoms with van der Waals surface area (Å²) in [4.78, 5) is 4.40. The van der Waals surface area contributed by atoms with Crippen LogP contribution in [0.3, 0.4) is 0 Å². The molecule has 0 radical (unpaired) electrons. The van der Waals surface area contributed by atoms with Gasteiger partial charge in [-0.3, -0.25) is 4.98 Å². The largest absolute Gasteiger partial charge is 0.389 e. The lowest BCUT2D eigenvalue weighted by atomic mass is 9.71. The minimum Gasteiger partial charge on any atom is -0.389 e. The van der Waals surface area contributed by atoms with Gasteiger partial charge in [0, 0.05) is 18.3 Å². The van der Waals surface area contributed by atoms with Crippen LogP contribution in [-0.4, -0.2) is 15.7 Å². The van der Waals surface area contributed by atoms with E-state index in [1.165, 1.54) is 25.7 Å². The Labute approximate surface area is 108 Å². The van der Waals surface area contributed by atoms with E-state index >= 15 is 0 Å². The minimum absolute atomic E-state index is 0.454. The monoisotopic (exact) mass is 243 g/mol. The molecule has 2 nitrogen and oxygen atoms in total. The number of aromatic nitrogens is 1. The molecule has 0 aliphatic heterocycles. The average molecular weight is 243 g/mol. The van der Waals surface area contributed by atoms with Crippen molar-refractivity contribution >= 4 is 0 Å². The van der Waals surface area contributed by atoms with Crippen molar-refractivity contribution in [2.24, 2.45) is 23.7 Å². The van der Waals surface area contributed by atoms with Gasteiger partial charge in [-0.05, 0) is 61.5 Å². The molecule has 3 fully saturated rings. The van der Waals surface area contributed by atoms with Crippen molar-refractivity contribution in [3.63, 3.8) is 0 Å². The Balaban J connectivity index is 1.58. The molecule has 2 heteroatoms. The summed E-state index contributed by atoms with van der Waals surface area (Å²) in [6.07, 6.45) is 9.07. The standard InChI is InChI=1S/C16H21NO/c18-16(10-12-4-1-2-7-17-12)9-11-8-15(16)14-6-3-5-13(11)14/h1-2,4,7,11,13-15,18H,3,5-6,8-10H2. The summed E-state index contributed by atoms with van der Waals surface area (Å²) in [5.41, 5.74) is 0.604. The van der Waals surface area contributed by atoms with E-state index in [0.717, 1.165) is 36.3 Å². The van der Waals surface area contributed by atoms with Crippen LogP contribution in [0, 0.1) is 23.7 Å². The summed E-state index contributed by atoms with van der Waals surface area (Å²) >= 11 is 0. The highest BCUT2D eigenvalue weighted by Gasteiger charge is 2.60. The highest BCUT2D eigenvalue weighted by atomic mass is 16.3. The number of hydrogen-bond acceptors (Lipinski definition) is 2. The number of nitrogens with zero attached hydrogens (tertiary/aromatic N) is 1. The van der Waals surface area contributed by atoms with Crippen molar-refractivity contribution in [1.82, 2.24) is 4.98 Å². The molecule has 4 rings (SSSR count). The molecular weight excluding hydrogens is 222 g/mol. The van der Waals surface area contributed by atoms with E-state index in [9.17, 15) is 5.11 Å². The smallest absolute Gasteiger partial charge is 0.0736 e. The van der Waals surface area contributed by atoms with Gasteiger partial charge in [-0.15, -0.1) is 0 Å². The van der Waals surface area contributed by atoms with Crippen molar-refractivity contribution < 1.29 is 5.11 Å².